The Balaban J connectivity index is 2.40. The van der Waals surface area contributed by atoms with Gasteiger partial charge in [-0.1, -0.05) is 26.8 Å². The Morgan fingerprint density at radius 3 is 2.47 bits per heavy atom. The number of carbonyl (C=O) groups excluding carboxylic acids is 1. The largest absolute Gasteiger partial charge is 0.288 e. The highest BCUT2D eigenvalue weighted by molar-refractivity contribution is 9.10. The Hall–Kier alpha value is -1.00. The molecule has 0 N–H and O–H groups in total. The lowest BCUT2D eigenvalue weighted by Gasteiger charge is -2.15. The van der Waals surface area contributed by atoms with Gasteiger partial charge in [0.15, 0.2) is 0 Å². The van der Waals surface area contributed by atoms with Gasteiger partial charge in [-0.2, -0.15) is 0 Å². The molecule has 0 amide bonds. The van der Waals surface area contributed by atoms with Gasteiger partial charge >= 0.3 is 0 Å². The lowest BCUT2D eigenvalue weighted by Crippen LogP contribution is -2.08. The Labute approximate surface area is 124 Å². The fourth-order valence-corrected chi connectivity index (χ4v) is 3.14. The molecular weight excluding hydrogens is 327 g/mol. The summed E-state index contributed by atoms with van der Waals surface area (Å²) in [7, 11) is 0. The molecule has 2 rings (SSSR count). The van der Waals surface area contributed by atoms with Crippen LogP contribution in [-0.2, 0) is 5.41 Å². The molecule has 0 spiro atoms. The average Bonchev–Trinajstić information content (AvgIpc) is 2.81. The second-order valence-corrected chi connectivity index (χ2v) is 7.22. The third-order valence-corrected chi connectivity index (χ3v) is 5.08. The van der Waals surface area contributed by atoms with Crippen molar-refractivity contribution < 1.29 is 9.18 Å². The van der Waals surface area contributed by atoms with E-state index in [1.54, 1.807) is 12.1 Å². The summed E-state index contributed by atoms with van der Waals surface area (Å²) in [6.45, 7) is 6.31. The van der Waals surface area contributed by atoms with Gasteiger partial charge in [-0.25, -0.2) is 4.39 Å². The molecule has 0 bridgehead atoms. The SMILES string of the molecule is CC(C)(C)c1ccc(C(=O)c2cccc(F)c2Br)s1. The second kappa shape index (κ2) is 5.17. The van der Waals surface area contributed by atoms with Crippen molar-refractivity contribution >= 4 is 33.0 Å². The summed E-state index contributed by atoms with van der Waals surface area (Å²) < 4.78 is 13.7. The Kier molecular flexibility index (Phi) is 3.92. The molecule has 4 heteroatoms. The number of ketones is 1. The molecular formula is C15H14BrFOS. The topological polar surface area (TPSA) is 17.1 Å². The van der Waals surface area contributed by atoms with Gasteiger partial charge in [0, 0.05) is 10.4 Å². The van der Waals surface area contributed by atoms with Gasteiger partial charge in [-0.15, -0.1) is 11.3 Å². The summed E-state index contributed by atoms with van der Waals surface area (Å²) in [5.74, 6) is -0.565. The predicted molar refractivity (Wildman–Crippen MR) is 80.6 cm³/mol. The number of benzene rings is 1. The smallest absolute Gasteiger partial charge is 0.204 e. The molecule has 1 aromatic carbocycles. The van der Waals surface area contributed by atoms with E-state index < -0.39 is 5.82 Å². The van der Waals surface area contributed by atoms with Crippen LogP contribution in [0.2, 0.25) is 0 Å². The molecule has 100 valence electrons. The van der Waals surface area contributed by atoms with Crippen LogP contribution in [0.3, 0.4) is 0 Å². The van der Waals surface area contributed by atoms with Crippen LogP contribution in [0.15, 0.2) is 34.8 Å². The minimum atomic E-state index is -0.418. The lowest BCUT2D eigenvalue weighted by molar-refractivity contribution is 0.104. The van der Waals surface area contributed by atoms with Crippen LogP contribution >= 0.6 is 27.3 Å². The van der Waals surface area contributed by atoms with Crippen molar-refractivity contribution in [3.8, 4) is 0 Å². The molecule has 2 aromatic rings. The highest BCUT2D eigenvalue weighted by Gasteiger charge is 2.21. The highest BCUT2D eigenvalue weighted by Crippen LogP contribution is 2.32. The fourth-order valence-electron chi connectivity index (χ4n) is 1.67. The summed E-state index contributed by atoms with van der Waals surface area (Å²) in [5.41, 5.74) is 0.379. The molecule has 0 saturated heterocycles. The van der Waals surface area contributed by atoms with Crippen LogP contribution in [0.25, 0.3) is 0 Å². The van der Waals surface area contributed by atoms with Crippen molar-refractivity contribution in [1.29, 1.82) is 0 Å². The van der Waals surface area contributed by atoms with Crippen LogP contribution in [0, 0.1) is 5.82 Å². The molecule has 0 radical (unpaired) electrons. The van der Waals surface area contributed by atoms with E-state index in [4.69, 9.17) is 0 Å². The first-order valence-electron chi connectivity index (χ1n) is 5.90. The van der Waals surface area contributed by atoms with Gasteiger partial charge in [0.2, 0.25) is 5.78 Å². The molecule has 0 atom stereocenters. The monoisotopic (exact) mass is 340 g/mol. The van der Waals surface area contributed by atoms with Gasteiger partial charge in [0.25, 0.3) is 0 Å². The van der Waals surface area contributed by atoms with E-state index in [2.05, 4.69) is 36.7 Å². The number of hydrogen-bond acceptors (Lipinski definition) is 2. The summed E-state index contributed by atoms with van der Waals surface area (Å²) >= 11 is 4.60. The number of hydrogen-bond donors (Lipinski definition) is 0. The minimum Gasteiger partial charge on any atom is -0.288 e. The van der Waals surface area contributed by atoms with Crippen molar-refractivity contribution in [3.05, 3.63) is 55.9 Å². The summed E-state index contributed by atoms with van der Waals surface area (Å²) in [5, 5.41) is 0. The van der Waals surface area contributed by atoms with Crippen molar-refractivity contribution in [2.24, 2.45) is 0 Å². The van der Waals surface area contributed by atoms with Gasteiger partial charge in [0.05, 0.1) is 9.35 Å². The van der Waals surface area contributed by atoms with Crippen LogP contribution in [0.4, 0.5) is 4.39 Å². The van der Waals surface area contributed by atoms with Gasteiger partial charge in [-0.3, -0.25) is 4.79 Å². The van der Waals surface area contributed by atoms with Crippen LogP contribution in [0.5, 0.6) is 0 Å². The molecule has 0 aliphatic rings. The molecule has 0 unspecified atom stereocenters. The first kappa shape index (κ1) is 14.4. The number of halogens is 2. The quantitative estimate of drug-likeness (QED) is 0.688. The summed E-state index contributed by atoms with van der Waals surface area (Å²) in [6.07, 6.45) is 0. The van der Waals surface area contributed by atoms with Crippen molar-refractivity contribution in [2.45, 2.75) is 26.2 Å². The second-order valence-electron chi connectivity index (χ2n) is 5.34. The first-order valence-corrected chi connectivity index (χ1v) is 7.50. The van der Waals surface area contributed by atoms with E-state index in [-0.39, 0.29) is 15.7 Å². The number of thiophene rings is 1. The van der Waals surface area contributed by atoms with Gasteiger partial charge in [0.1, 0.15) is 5.82 Å². The van der Waals surface area contributed by atoms with Crippen molar-refractivity contribution in [1.82, 2.24) is 0 Å². The maximum Gasteiger partial charge on any atom is 0.204 e. The third-order valence-electron chi connectivity index (χ3n) is 2.77. The van der Waals surface area contributed by atoms with Gasteiger partial charge < -0.3 is 0 Å². The Bertz CT molecular complexity index is 625. The average molecular weight is 341 g/mol. The van der Waals surface area contributed by atoms with Gasteiger partial charge in [-0.05, 0) is 45.6 Å². The fraction of sp³-hybridized carbons (Fsp3) is 0.267. The van der Waals surface area contributed by atoms with E-state index in [1.165, 1.54) is 17.4 Å². The predicted octanol–water partition coefficient (Wildman–Crippen LogP) is 5.18. The molecule has 0 saturated carbocycles. The van der Waals surface area contributed by atoms with Crippen molar-refractivity contribution in [2.75, 3.05) is 0 Å². The summed E-state index contributed by atoms with van der Waals surface area (Å²) in [6, 6.07) is 8.28. The lowest BCUT2D eigenvalue weighted by atomic mass is 9.95. The molecule has 1 nitrogen and oxygen atoms in total. The summed E-state index contributed by atoms with van der Waals surface area (Å²) in [4.78, 5) is 14.2. The molecule has 1 aromatic heterocycles. The maximum atomic E-state index is 13.5. The zero-order valence-corrected chi connectivity index (χ0v) is 13.4. The molecule has 0 aliphatic heterocycles. The molecule has 0 fully saturated rings. The number of carbonyl (C=O) groups is 1. The van der Waals surface area contributed by atoms with E-state index >= 15 is 0 Å². The zero-order chi connectivity index (χ0) is 14.2. The maximum absolute atomic E-state index is 13.5. The van der Waals surface area contributed by atoms with E-state index in [0.717, 1.165) is 4.88 Å². The molecule has 19 heavy (non-hydrogen) atoms. The standard InChI is InChI=1S/C15H14BrFOS/c1-15(2,3)12-8-7-11(19-12)14(18)9-5-4-6-10(17)13(9)16/h4-8H,1-3H3. The molecule has 0 aliphatic carbocycles. The van der Waals surface area contributed by atoms with Crippen molar-refractivity contribution in [3.63, 3.8) is 0 Å². The van der Waals surface area contributed by atoms with Crippen LogP contribution < -0.4 is 0 Å². The van der Waals surface area contributed by atoms with Crippen LogP contribution in [-0.4, -0.2) is 5.78 Å². The van der Waals surface area contributed by atoms with E-state index in [0.29, 0.717) is 10.4 Å². The zero-order valence-electron chi connectivity index (χ0n) is 11.0. The number of rotatable bonds is 2. The third kappa shape index (κ3) is 2.95. The first-order chi connectivity index (χ1) is 8.80. The highest BCUT2D eigenvalue weighted by atomic mass is 79.9. The van der Waals surface area contributed by atoms with E-state index in [1.807, 2.05) is 12.1 Å². The Morgan fingerprint density at radius 1 is 1.21 bits per heavy atom. The molecule has 1 heterocycles. The van der Waals surface area contributed by atoms with E-state index in [9.17, 15) is 9.18 Å². The van der Waals surface area contributed by atoms with Crippen LogP contribution in [0.1, 0.15) is 40.9 Å². The Morgan fingerprint density at radius 2 is 1.89 bits per heavy atom. The normalized spacial score (nSPS) is 11.6. The minimum absolute atomic E-state index is 0.0162.